The van der Waals surface area contributed by atoms with Gasteiger partial charge >= 0.3 is 0 Å². The van der Waals surface area contributed by atoms with E-state index in [9.17, 15) is 9.18 Å². The van der Waals surface area contributed by atoms with E-state index in [0.717, 1.165) is 5.82 Å². The molecule has 0 saturated carbocycles. The quantitative estimate of drug-likeness (QED) is 0.792. The first-order chi connectivity index (χ1) is 13.6. The molecule has 4 rings (SSSR count). The average Bonchev–Trinajstić information content (AvgIpc) is 3.20. The molecule has 2 aromatic heterocycles. The molecular formula is C19H25FN6O2. The van der Waals surface area contributed by atoms with Crippen molar-refractivity contribution < 1.29 is 13.9 Å². The highest BCUT2D eigenvalue weighted by Crippen LogP contribution is 2.40. The number of carbonyl (C=O) groups excluding carboxylic acids is 1. The zero-order chi connectivity index (χ0) is 19.7. The van der Waals surface area contributed by atoms with Crippen LogP contribution in [0.2, 0.25) is 0 Å². The van der Waals surface area contributed by atoms with Gasteiger partial charge in [0.25, 0.3) is 5.91 Å². The SMILES string of the molecule is CCN(CC)C(=O)C1Cn2ccnc2C2(CCN(c3ncc(F)cn3)CC2)O1. The fraction of sp³-hybridized carbons (Fsp3) is 0.579. The maximum atomic E-state index is 13.1. The van der Waals surface area contributed by atoms with Gasteiger partial charge in [0.05, 0.1) is 18.9 Å². The number of ether oxygens (including phenoxy) is 1. The summed E-state index contributed by atoms with van der Waals surface area (Å²) < 4.78 is 21.6. The van der Waals surface area contributed by atoms with E-state index in [2.05, 4.69) is 15.0 Å². The molecule has 8 nitrogen and oxygen atoms in total. The Morgan fingerprint density at radius 1 is 1.25 bits per heavy atom. The molecule has 1 saturated heterocycles. The molecule has 0 bridgehead atoms. The molecule has 1 fully saturated rings. The molecule has 2 aromatic rings. The highest BCUT2D eigenvalue weighted by molar-refractivity contribution is 5.81. The number of hydrogen-bond acceptors (Lipinski definition) is 6. The molecule has 1 spiro atoms. The number of nitrogens with zero attached hydrogens (tertiary/aromatic N) is 6. The number of imidazole rings is 1. The summed E-state index contributed by atoms with van der Waals surface area (Å²) in [5, 5.41) is 0. The fourth-order valence-corrected chi connectivity index (χ4v) is 4.14. The van der Waals surface area contributed by atoms with E-state index in [4.69, 9.17) is 4.74 Å². The average molecular weight is 388 g/mol. The Labute approximate surface area is 163 Å². The molecule has 0 aliphatic carbocycles. The molecule has 2 aliphatic heterocycles. The minimum atomic E-state index is -0.605. The first-order valence-corrected chi connectivity index (χ1v) is 9.77. The van der Waals surface area contributed by atoms with E-state index >= 15 is 0 Å². The number of aromatic nitrogens is 4. The lowest BCUT2D eigenvalue weighted by Gasteiger charge is -2.46. The van der Waals surface area contributed by atoms with Crippen LogP contribution in [-0.4, -0.2) is 62.6 Å². The predicted molar refractivity (Wildman–Crippen MR) is 100 cm³/mol. The van der Waals surface area contributed by atoms with Crippen LogP contribution in [0.5, 0.6) is 0 Å². The lowest BCUT2D eigenvalue weighted by molar-refractivity contribution is -0.175. The Bertz CT molecular complexity index is 827. The molecule has 0 aromatic carbocycles. The number of carbonyl (C=O) groups is 1. The van der Waals surface area contributed by atoms with E-state index < -0.39 is 17.5 Å². The summed E-state index contributed by atoms with van der Waals surface area (Å²) in [5.74, 6) is 0.947. The van der Waals surface area contributed by atoms with Crippen molar-refractivity contribution in [2.75, 3.05) is 31.1 Å². The van der Waals surface area contributed by atoms with Gasteiger partial charge in [-0.3, -0.25) is 4.79 Å². The van der Waals surface area contributed by atoms with E-state index in [1.165, 1.54) is 12.4 Å². The molecule has 1 amide bonds. The van der Waals surface area contributed by atoms with Gasteiger partial charge in [0.15, 0.2) is 11.9 Å². The number of rotatable bonds is 4. The molecule has 1 unspecified atom stereocenters. The van der Waals surface area contributed by atoms with Gasteiger partial charge < -0.3 is 19.1 Å². The van der Waals surface area contributed by atoms with Crippen LogP contribution in [0.15, 0.2) is 24.8 Å². The minimum absolute atomic E-state index is 0.0213. The topological polar surface area (TPSA) is 76.4 Å². The van der Waals surface area contributed by atoms with Crippen molar-refractivity contribution in [3.8, 4) is 0 Å². The van der Waals surface area contributed by atoms with Crippen molar-refractivity contribution in [1.29, 1.82) is 0 Å². The van der Waals surface area contributed by atoms with E-state index in [1.807, 2.05) is 34.4 Å². The van der Waals surface area contributed by atoms with Crippen LogP contribution in [-0.2, 0) is 21.7 Å². The zero-order valence-electron chi connectivity index (χ0n) is 16.2. The van der Waals surface area contributed by atoms with Crippen LogP contribution in [0.4, 0.5) is 10.3 Å². The number of piperidine rings is 1. The summed E-state index contributed by atoms with van der Waals surface area (Å²) in [4.78, 5) is 29.4. The van der Waals surface area contributed by atoms with Gasteiger partial charge in [0.2, 0.25) is 5.95 Å². The van der Waals surface area contributed by atoms with Crippen molar-refractivity contribution in [3.05, 3.63) is 36.4 Å². The van der Waals surface area contributed by atoms with Crippen LogP contribution < -0.4 is 4.90 Å². The Morgan fingerprint density at radius 2 is 1.93 bits per heavy atom. The number of amides is 1. The first-order valence-electron chi connectivity index (χ1n) is 9.77. The molecule has 2 aliphatic rings. The molecule has 28 heavy (non-hydrogen) atoms. The Morgan fingerprint density at radius 3 is 2.57 bits per heavy atom. The number of halogens is 1. The minimum Gasteiger partial charge on any atom is -0.352 e. The molecule has 1 atom stereocenters. The van der Waals surface area contributed by atoms with E-state index in [0.29, 0.717) is 51.5 Å². The summed E-state index contributed by atoms with van der Waals surface area (Å²) in [7, 11) is 0. The molecule has 0 radical (unpaired) electrons. The number of fused-ring (bicyclic) bond motifs is 2. The molecule has 4 heterocycles. The number of anilines is 1. The fourth-order valence-electron chi connectivity index (χ4n) is 4.14. The van der Waals surface area contributed by atoms with Crippen LogP contribution in [0, 0.1) is 5.82 Å². The Hall–Kier alpha value is -2.55. The number of hydrogen-bond donors (Lipinski definition) is 0. The third kappa shape index (κ3) is 3.23. The maximum Gasteiger partial charge on any atom is 0.253 e. The van der Waals surface area contributed by atoms with Gasteiger partial charge in [0.1, 0.15) is 11.4 Å². The summed E-state index contributed by atoms with van der Waals surface area (Å²) in [6.07, 6.45) is 6.83. The van der Waals surface area contributed by atoms with Crippen molar-refractivity contribution in [2.24, 2.45) is 0 Å². The van der Waals surface area contributed by atoms with Gasteiger partial charge in [0, 0.05) is 51.4 Å². The van der Waals surface area contributed by atoms with Crippen molar-refractivity contribution in [2.45, 2.75) is 44.9 Å². The van der Waals surface area contributed by atoms with Gasteiger partial charge in [-0.05, 0) is 13.8 Å². The number of likely N-dealkylation sites (N-methyl/N-ethyl adjacent to an activating group) is 1. The van der Waals surface area contributed by atoms with Crippen LogP contribution in [0.25, 0.3) is 0 Å². The zero-order valence-corrected chi connectivity index (χ0v) is 16.2. The van der Waals surface area contributed by atoms with Gasteiger partial charge in [-0.1, -0.05) is 0 Å². The summed E-state index contributed by atoms with van der Waals surface area (Å²) in [6.45, 7) is 7.05. The standard InChI is InChI=1S/C19H25FN6O2/c1-3-24(4-2)16(27)15-13-26-10-7-21-17(26)19(28-15)5-8-25(9-6-19)18-22-11-14(20)12-23-18/h7,10-12,15H,3-6,8-9,13H2,1-2H3. The van der Waals surface area contributed by atoms with E-state index in [-0.39, 0.29) is 5.91 Å². The third-order valence-corrected chi connectivity index (χ3v) is 5.66. The van der Waals surface area contributed by atoms with Crippen molar-refractivity contribution in [3.63, 3.8) is 0 Å². The highest BCUT2D eigenvalue weighted by atomic mass is 19.1. The molecule has 0 N–H and O–H groups in total. The largest absolute Gasteiger partial charge is 0.352 e. The van der Waals surface area contributed by atoms with Crippen LogP contribution in [0.1, 0.15) is 32.5 Å². The third-order valence-electron chi connectivity index (χ3n) is 5.66. The lowest BCUT2D eigenvalue weighted by atomic mass is 9.88. The Kier molecular flexibility index (Phi) is 5.01. The predicted octanol–water partition coefficient (Wildman–Crippen LogP) is 1.58. The van der Waals surface area contributed by atoms with Crippen LogP contribution in [0.3, 0.4) is 0 Å². The summed E-state index contributed by atoms with van der Waals surface area (Å²) in [5.41, 5.74) is -0.605. The highest BCUT2D eigenvalue weighted by Gasteiger charge is 2.47. The molecular weight excluding hydrogens is 363 g/mol. The van der Waals surface area contributed by atoms with Gasteiger partial charge in [-0.25, -0.2) is 19.3 Å². The van der Waals surface area contributed by atoms with Crippen LogP contribution >= 0.6 is 0 Å². The smallest absolute Gasteiger partial charge is 0.253 e. The van der Waals surface area contributed by atoms with Crippen molar-refractivity contribution in [1.82, 2.24) is 24.4 Å². The van der Waals surface area contributed by atoms with E-state index in [1.54, 1.807) is 6.20 Å². The second kappa shape index (κ2) is 7.46. The summed E-state index contributed by atoms with van der Waals surface area (Å²) >= 11 is 0. The molecule has 9 heteroatoms. The lowest BCUT2D eigenvalue weighted by Crippen LogP contribution is -2.54. The monoisotopic (exact) mass is 388 g/mol. The first kappa shape index (κ1) is 18.8. The Balaban J connectivity index is 1.55. The maximum absolute atomic E-state index is 13.1. The van der Waals surface area contributed by atoms with Gasteiger partial charge in [-0.15, -0.1) is 0 Å². The molecule has 150 valence electrons. The normalized spacial score (nSPS) is 20.8. The second-order valence-electron chi connectivity index (χ2n) is 7.20. The summed E-state index contributed by atoms with van der Waals surface area (Å²) in [6, 6.07) is 0. The van der Waals surface area contributed by atoms with Crippen molar-refractivity contribution >= 4 is 11.9 Å². The van der Waals surface area contributed by atoms with Gasteiger partial charge in [-0.2, -0.15) is 0 Å². The second-order valence-corrected chi connectivity index (χ2v) is 7.20.